The Hall–Kier alpha value is -2.32. The molecule has 2 N–H and O–H groups in total. The number of esters is 1. The zero-order valence-corrected chi connectivity index (χ0v) is 11.9. The van der Waals surface area contributed by atoms with Gasteiger partial charge in [-0.05, 0) is 35.9 Å². The van der Waals surface area contributed by atoms with Gasteiger partial charge in [0.1, 0.15) is 18.2 Å². The highest BCUT2D eigenvalue weighted by Crippen LogP contribution is 2.16. The van der Waals surface area contributed by atoms with E-state index in [2.05, 4.69) is 0 Å². The van der Waals surface area contributed by atoms with E-state index in [4.69, 9.17) is 9.88 Å². The molecule has 2 aromatic carbocycles. The van der Waals surface area contributed by atoms with Crippen LogP contribution in [0.25, 0.3) is 0 Å². The molecule has 2 aromatic rings. The quantitative estimate of drug-likeness (QED) is 0.870. The summed E-state index contributed by atoms with van der Waals surface area (Å²) >= 11 is 0. The summed E-state index contributed by atoms with van der Waals surface area (Å²) in [4.78, 5) is 11.4. The lowest BCUT2D eigenvalue weighted by Crippen LogP contribution is -2.14. The Morgan fingerprint density at radius 2 is 1.86 bits per heavy atom. The number of hydrogen-bond donors (Lipinski definition) is 1. The number of carbonyl (C=O) groups is 1. The SMILES string of the molecule is NS(=O)(=O)c1ccc(F)c(C(=O)OCc2cccc(F)c2)c1. The van der Waals surface area contributed by atoms with Crippen molar-refractivity contribution in [1.82, 2.24) is 0 Å². The Morgan fingerprint density at radius 3 is 2.50 bits per heavy atom. The van der Waals surface area contributed by atoms with Crippen LogP contribution in [0.4, 0.5) is 8.78 Å². The van der Waals surface area contributed by atoms with Crippen LogP contribution in [0, 0.1) is 11.6 Å². The molecule has 8 heteroatoms. The van der Waals surface area contributed by atoms with Gasteiger partial charge in [-0.3, -0.25) is 0 Å². The van der Waals surface area contributed by atoms with Crippen molar-refractivity contribution in [3.8, 4) is 0 Å². The molecule has 0 fully saturated rings. The van der Waals surface area contributed by atoms with Gasteiger partial charge in [0.2, 0.25) is 10.0 Å². The van der Waals surface area contributed by atoms with Crippen molar-refractivity contribution in [2.24, 2.45) is 5.14 Å². The van der Waals surface area contributed by atoms with E-state index < -0.39 is 38.1 Å². The van der Waals surface area contributed by atoms with Gasteiger partial charge >= 0.3 is 5.97 Å². The molecule has 0 aliphatic heterocycles. The molecule has 0 saturated carbocycles. The van der Waals surface area contributed by atoms with Crippen molar-refractivity contribution in [3.05, 3.63) is 65.2 Å². The summed E-state index contributed by atoms with van der Waals surface area (Å²) in [6, 6.07) is 7.87. The Balaban J connectivity index is 2.19. The lowest BCUT2D eigenvalue weighted by atomic mass is 10.2. The van der Waals surface area contributed by atoms with E-state index in [1.807, 2.05) is 0 Å². The van der Waals surface area contributed by atoms with E-state index in [1.165, 1.54) is 18.2 Å². The standard InChI is InChI=1S/C14H11F2NO4S/c15-10-3-1-2-9(6-10)8-21-14(18)12-7-11(22(17,19)20)4-5-13(12)16/h1-7H,8H2,(H2,17,19,20). The molecule has 2 rings (SSSR count). The number of sulfonamides is 1. The highest BCUT2D eigenvalue weighted by Gasteiger charge is 2.18. The van der Waals surface area contributed by atoms with E-state index in [9.17, 15) is 22.0 Å². The van der Waals surface area contributed by atoms with Crippen molar-refractivity contribution in [2.45, 2.75) is 11.5 Å². The smallest absolute Gasteiger partial charge is 0.341 e. The molecular weight excluding hydrogens is 316 g/mol. The molecule has 0 atom stereocenters. The van der Waals surface area contributed by atoms with E-state index in [0.717, 1.165) is 24.3 Å². The van der Waals surface area contributed by atoms with Crippen molar-refractivity contribution < 1.29 is 26.7 Å². The van der Waals surface area contributed by atoms with E-state index in [0.29, 0.717) is 5.56 Å². The summed E-state index contributed by atoms with van der Waals surface area (Å²) in [6.07, 6.45) is 0. The van der Waals surface area contributed by atoms with Crippen LogP contribution >= 0.6 is 0 Å². The molecular formula is C14H11F2NO4S. The van der Waals surface area contributed by atoms with Gasteiger partial charge in [-0.15, -0.1) is 0 Å². The fraction of sp³-hybridized carbons (Fsp3) is 0.0714. The molecule has 0 unspecified atom stereocenters. The molecule has 0 aliphatic carbocycles. The second-order valence-corrected chi connectivity index (χ2v) is 5.95. The first kappa shape index (κ1) is 16.1. The number of nitrogens with two attached hydrogens (primary N) is 1. The van der Waals surface area contributed by atoms with Crippen LogP contribution in [0.5, 0.6) is 0 Å². The monoisotopic (exact) mass is 327 g/mol. The number of benzene rings is 2. The van der Waals surface area contributed by atoms with E-state index in [-0.39, 0.29) is 6.61 Å². The summed E-state index contributed by atoms with van der Waals surface area (Å²) < 4.78 is 53.8. The van der Waals surface area contributed by atoms with Gasteiger partial charge in [0, 0.05) is 0 Å². The Labute approximate surface area is 125 Å². The molecule has 0 aliphatic rings. The average Bonchev–Trinajstić information content (AvgIpc) is 2.44. The first-order valence-corrected chi connectivity index (χ1v) is 7.56. The summed E-state index contributed by atoms with van der Waals surface area (Å²) in [7, 11) is -4.07. The Kier molecular flexibility index (Phi) is 4.53. The van der Waals surface area contributed by atoms with Gasteiger partial charge in [0.05, 0.1) is 10.5 Å². The number of primary sulfonamides is 1. The summed E-state index contributed by atoms with van der Waals surface area (Å²) in [5.41, 5.74) is -0.195. The molecule has 0 spiro atoms. The van der Waals surface area contributed by atoms with Gasteiger partial charge < -0.3 is 4.74 Å². The zero-order valence-electron chi connectivity index (χ0n) is 11.1. The van der Waals surface area contributed by atoms with Crippen LogP contribution in [0.15, 0.2) is 47.4 Å². The van der Waals surface area contributed by atoms with Crippen molar-refractivity contribution in [3.63, 3.8) is 0 Å². The van der Waals surface area contributed by atoms with Crippen molar-refractivity contribution in [1.29, 1.82) is 0 Å². The van der Waals surface area contributed by atoms with Crippen LogP contribution in [0.2, 0.25) is 0 Å². The minimum atomic E-state index is -4.07. The predicted octanol–water partition coefficient (Wildman–Crippen LogP) is 1.97. The van der Waals surface area contributed by atoms with E-state index >= 15 is 0 Å². The minimum Gasteiger partial charge on any atom is -0.457 e. The Bertz CT molecular complexity index is 821. The number of halogens is 2. The highest BCUT2D eigenvalue weighted by atomic mass is 32.2. The summed E-state index contributed by atoms with van der Waals surface area (Å²) in [5.74, 6) is -2.53. The maximum atomic E-state index is 13.6. The first-order chi connectivity index (χ1) is 10.3. The minimum absolute atomic E-state index is 0.282. The first-order valence-electron chi connectivity index (χ1n) is 6.01. The number of rotatable bonds is 4. The van der Waals surface area contributed by atoms with Crippen LogP contribution in [0.1, 0.15) is 15.9 Å². The van der Waals surface area contributed by atoms with Gasteiger partial charge in [-0.1, -0.05) is 12.1 Å². The van der Waals surface area contributed by atoms with Crippen molar-refractivity contribution >= 4 is 16.0 Å². The normalized spacial score (nSPS) is 11.2. The molecule has 0 amide bonds. The lowest BCUT2D eigenvalue weighted by Gasteiger charge is -2.07. The largest absolute Gasteiger partial charge is 0.457 e. The molecule has 0 bridgehead atoms. The van der Waals surface area contributed by atoms with E-state index in [1.54, 1.807) is 0 Å². The number of hydrogen-bond acceptors (Lipinski definition) is 4. The molecule has 22 heavy (non-hydrogen) atoms. The van der Waals surface area contributed by atoms with Crippen LogP contribution in [0.3, 0.4) is 0 Å². The third-order valence-electron chi connectivity index (χ3n) is 2.75. The average molecular weight is 327 g/mol. The molecule has 5 nitrogen and oxygen atoms in total. The number of ether oxygens (including phenoxy) is 1. The maximum absolute atomic E-state index is 13.6. The molecule has 0 aromatic heterocycles. The third-order valence-corrected chi connectivity index (χ3v) is 3.66. The summed E-state index contributed by atoms with van der Waals surface area (Å²) in [5, 5.41) is 4.91. The molecule has 116 valence electrons. The van der Waals surface area contributed by atoms with Gasteiger partial charge in [0.15, 0.2) is 0 Å². The molecule has 0 heterocycles. The molecule has 0 radical (unpaired) electrons. The fourth-order valence-electron chi connectivity index (χ4n) is 1.69. The lowest BCUT2D eigenvalue weighted by molar-refractivity contribution is 0.0466. The third kappa shape index (κ3) is 3.86. The highest BCUT2D eigenvalue weighted by molar-refractivity contribution is 7.89. The summed E-state index contributed by atoms with van der Waals surface area (Å²) in [6.45, 7) is -0.282. The second kappa shape index (κ2) is 6.20. The topological polar surface area (TPSA) is 86.5 Å². The zero-order chi connectivity index (χ0) is 16.3. The van der Waals surface area contributed by atoms with Crippen LogP contribution in [-0.4, -0.2) is 14.4 Å². The van der Waals surface area contributed by atoms with Crippen LogP contribution < -0.4 is 5.14 Å². The van der Waals surface area contributed by atoms with Crippen molar-refractivity contribution in [2.75, 3.05) is 0 Å². The maximum Gasteiger partial charge on any atom is 0.341 e. The van der Waals surface area contributed by atoms with Gasteiger partial charge in [0.25, 0.3) is 0 Å². The number of carbonyl (C=O) groups excluding carboxylic acids is 1. The fourth-order valence-corrected chi connectivity index (χ4v) is 2.23. The molecule has 0 saturated heterocycles. The predicted molar refractivity (Wildman–Crippen MR) is 73.3 cm³/mol. The van der Waals surface area contributed by atoms with Crippen LogP contribution in [-0.2, 0) is 21.4 Å². The van der Waals surface area contributed by atoms with Gasteiger partial charge in [-0.2, -0.15) is 0 Å². The second-order valence-electron chi connectivity index (χ2n) is 4.39. The van der Waals surface area contributed by atoms with Gasteiger partial charge in [-0.25, -0.2) is 27.1 Å². The Morgan fingerprint density at radius 1 is 1.14 bits per heavy atom.